The van der Waals surface area contributed by atoms with Crippen LogP contribution in [0.5, 0.6) is 5.75 Å². The third kappa shape index (κ3) is 3.49. The quantitative estimate of drug-likeness (QED) is 0.428. The summed E-state index contributed by atoms with van der Waals surface area (Å²) in [4.78, 5) is 8.25. The van der Waals surface area contributed by atoms with Crippen molar-refractivity contribution < 1.29 is 26.3 Å². The van der Waals surface area contributed by atoms with Crippen LogP contribution >= 0.6 is 0 Å². The first kappa shape index (κ1) is 19.2. The van der Waals surface area contributed by atoms with Crippen LogP contribution in [0, 0.1) is 0 Å². The number of ether oxygens (including phenoxy) is 1. The number of nitrogens with one attached hydrogen (secondary N) is 1. The van der Waals surface area contributed by atoms with Gasteiger partial charge >= 0.3 is 0 Å². The molecule has 144 valence electrons. The molecule has 0 aliphatic heterocycles. The van der Waals surface area contributed by atoms with E-state index in [1.54, 1.807) is 7.11 Å². The van der Waals surface area contributed by atoms with Crippen molar-refractivity contribution in [1.29, 1.82) is 0 Å². The van der Waals surface area contributed by atoms with E-state index >= 15 is 0 Å². The predicted octanol–water partition coefficient (Wildman–Crippen LogP) is 1.73. The van der Waals surface area contributed by atoms with Crippen molar-refractivity contribution in [2.75, 3.05) is 7.11 Å². The van der Waals surface area contributed by atoms with Gasteiger partial charge in [-0.15, -0.1) is 0 Å². The molecule has 0 aliphatic carbocycles. The number of H-pyrrole nitrogens is 1. The van der Waals surface area contributed by atoms with Crippen molar-refractivity contribution in [3.63, 3.8) is 0 Å². The highest BCUT2D eigenvalue weighted by atomic mass is 79.9. The number of benzene rings is 2. The van der Waals surface area contributed by atoms with Crippen LogP contribution in [0.2, 0.25) is 0 Å². The molecular formula is C24H20BrN3O. The summed E-state index contributed by atoms with van der Waals surface area (Å²) in [5, 5.41) is 2.32. The average Bonchev–Trinajstić information content (AvgIpc) is 3.12. The smallest absolute Gasteiger partial charge is 0.255 e. The molecule has 0 amide bonds. The second-order valence-electron chi connectivity index (χ2n) is 6.82. The zero-order chi connectivity index (χ0) is 18.9. The van der Waals surface area contributed by atoms with Crippen LogP contribution in [-0.4, -0.2) is 17.1 Å². The van der Waals surface area contributed by atoms with Crippen molar-refractivity contribution in [3.8, 4) is 17.1 Å². The van der Waals surface area contributed by atoms with Gasteiger partial charge in [-0.1, -0.05) is 36.4 Å². The van der Waals surface area contributed by atoms with Crippen molar-refractivity contribution in [2.45, 2.75) is 6.54 Å². The molecule has 0 radical (unpaired) electrons. The zero-order valence-electron chi connectivity index (χ0n) is 16.0. The van der Waals surface area contributed by atoms with Crippen molar-refractivity contribution in [3.05, 3.63) is 90.8 Å². The SMILES string of the molecule is COc1ccc2[nH]c3c(-c4ccccn4)[n+](Cc4ccccc4)ccc3c2c1.[Br-]. The summed E-state index contributed by atoms with van der Waals surface area (Å²) in [5.74, 6) is 0.855. The minimum absolute atomic E-state index is 0. The summed E-state index contributed by atoms with van der Waals surface area (Å²) >= 11 is 0. The monoisotopic (exact) mass is 445 g/mol. The molecule has 0 fully saturated rings. The highest BCUT2D eigenvalue weighted by molar-refractivity contribution is 6.10. The van der Waals surface area contributed by atoms with E-state index in [2.05, 4.69) is 69.3 Å². The molecule has 5 aromatic rings. The second kappa shape index (κ2) is 8.05. The molecule has 1 N–H and O–H groups in total. The van der Waals surface area contributed by atoms with E-state index in [9.17, 15) is 0 Å². The van der Waals surface area contributed by atoms with E-state index in [1.807, 2.05) is 30.5 Å². The lowest BCUT2D eigenvalue weighted by Gasteiger charge is -2.05. The average molecular weight is 446 g/mol. The lowest BCUT2D eigenvalue weighted by molar-refractivity contribution is -0.676. The number of rotatable bonds is 4. The fourth-order valence-electron chi connectivity index (χ4n) is 3.75. The molecule has 0 saturated heterocycles. The third-order valence-corrected chi connectivity index (χ3v) is 5.09. The molecule has 0 aliphatic rings. The number of halogens is 1. The fourth-order valence-corrected chi connectivity index (χ4v) is 3.75. The van der Waals surface area contributed by atoms with Gasteiger partial charge in [-0.05, 0) is 30.3 Å². The number of aromatic amines is 1. The summed E-state index contributed by atoms with van der Waals surface area (Å²) in [5.41, 5.74) is 5.45. The largest absolute Gasteiger partial charge is 1.00 e. The Kier molecular flexibility index (Phi) is 5.32. The van der Waals surface area contributed by atoms with Crippen LogP contribution in [0.4, 0.5) is 0 Å². The van der Waals surface area contributed by atoms with Gasteiger partial charge in [-0.25, -0.2) is 4.98 Å². The van der Waals surface area contributed by atoms with Crippen molar-refractivity contribution in [1.82, 2.24) is 9.97 Å². The number of fused-ring (bicyclic) bond motifs is 3. The molecule has 5 rings (SSSR count). The van der Waals surface area contributed by atoms with Crippen LogP contribution in [0.25, 0.3) is 33.2 Å². The maximum Gasteiger partial charge on any atom is 0.255 e. The van der Waals surface area contributed by atoms with Gasteiger partial charge in [0.2, 0.25) is 0 Å². The Labute approximate surface area is 179 Å². The molecule has 4 nitrogen and oxygen atoms in total. The Morgan fingerprint density at radius 1 is 0.931 bits per heavy atom. The van der Waals surface area contributed by atoms with Crippen LogP contribution in [0.15, 0.2) is 85.2 Å². The first-order valence-corrected chi connectivity index (χ1v) is 9.31. The fraction of sp³-hybridized carbons (Fsp3) is 0.0833. The highest BCUT2D eigenvalue weighted by Crippen LogP contribution is 2.32. The molecule has 0 bridgehead atoms. The number of pyridine rings is 2. The Balaban J connectivity index is 0.00000205. The van der Waals surface area contributed by atoms with E-state index in [1.165, 1.54) is 10.9 Å². The Morgan fingerprint density at radius 3 is 2.52 bits per heavy atom. The van der Waals surface area contributed by atoms with Gasteiger partial charge in [0, 0.05) is 34.1 Å². The van der Waals surface area contributed by atoms with Crippen molar-refractivity contribution in [2.24, 2.45) is 0 Å². The predicted molar refractivity (Wildman–Crippen MR) is 111 cm³/mol. The van der Waals surface area contributed by atoms with E-state index in [0.717, 1.165) is 40.1 Å². The number of hydrogen-bond donors (Lipinski definition) is 1. The van der Waals surface area contributed by atoms with Crippen LogP contribution in [0.1, 0.15) is 5.56 Å². The van der Waals surface area contributed by atoms with Gasteiger partial charge in [0.1, 0.15) is 17.0 Å². The molecule has 3 heterocycles. The Hall–Kier alpha value is -3.18. The van der Waals surface area contributed by atoms with E-state index in [-0.39, 0.29) is 17.0 Å². The molecule has 2 aromatic carbocycles. The topological polar surface area (TPSA) is 41.8 Å². The Bertz CT molecular complexity index is 1270. The molecule has 0 spiro atoms. The minimum Gasteiger partial charge on any atom is -1.00 e. The maximum atomic E-state index is 5.43. The number of nitrogens with zero attached hydrogens (tertiary/aromatic N) is 2. The normalized spacial score (nSPS) is 10.8. The van der Waals surface area contributed by atoms with Crippen LogP contribution in [0.3, 0.4) is 0 Å². The standard InChI is InChI=1S/C24H19N3O.BrH/c1-28-18-10-11-21-20(15-18)19-12-14-27(16-17-7-3-2-4-8-17)24(23(19)26-21)22-9-5-6-13-25-22;/h2-15H,16H2,1H3;1H. The lowest BCUT2D eigenvalue weighted by atomic mass is 10.1. The molecule has 0 saturated carbocycles. The van der Waals surface area contributed by atoms with Gasteiger partial charge in [-0.2, -0.15) is 4.57 Å². The zero-order valence-corrected chi connectivity index (χ0v) is 17.6. The highest BCUT2D eigenvalue weighted by Gasteiger charge is 2.22. The van der Waals surface area contributed by atoms with Crippen molar-refractivity contribution >= 4 is 21.8 Å². The minimum atomic E-state index is 0. The second-order valence-corrected chi connectivity index (χ2v) is 6.82. The molecule has 0 unspecified atom stereocenters. The van der Waals surface area contributed by atoms with Gasteiger partial charge in [0.15, 0.2) is 12.7 Å². The molecule has 29 heavy (non-hydrogen) atoms. The van der Waals surface area contributed by atoms with E-state index in [0.29, 0.717) is 0 Å². The molecule has 3 aromatic heterocycles. The summed E-state index contributed by atoms with van der Waals surface area (Å²) in [6.07, 6.45) is 3.98. The summed E-state index contributed by atoms with van der Waals surface area (Å²) in [6.45, 7) is 0.779. The van der Waals surface area contributed by atoms with Crippen LogP contribution in [-0.2, 0) is 6.54 Å². The van der Waals surface area contributed by atoms with Crippen LogP contribution < -0.4 is 26.3 Å². The lowest BCUT2D eigenvalue weighted by Crippen LogP contribution is -3.00. The third-order valence-electron chi connectivity index (χ3n) is 5.09. The van der Waals surface area contributed by atoms with Gasteiger partial charge in [0.05, 0.1) is 7.11 Å². The first-order valence-electron chi connectivity index (χ1n) is 9.31. The van der Waals surface area contributed by atoms with Gasteiger partial charge in [0.25, 0.3) is 5.69 Å². The maximum absolute atomic E-state index is 5.43. The van der Waals surface area contributed by atoms with E-state index in [4.69, 9.17) is 4.74 Å². The number of hydrogen-bond acceptors (Lipinski definition) is 2. The van der Waals surface area contributed by atoms with Gasteiger partial charge < -0.3 is 26.7 Å². The molecule has 0 atom stereocenters. The molecule has 5 heteroatoms. The summed E-state index contributed by atoms with van der Waals surface area (Å²) in [7, 11) is 1.70. The van der Waals surface area contributed by atoms with E-state index < -0.39 is 0 Å². The number of methoxy groups -OCH3 is 1. The molecular weight excluding hydrogens is 426 g/mol. The number of aromatic nitrogens is 3. The Morgan fingerprint density at radius 2 is 1.76 bits per heavy atom. The summed E-state index contributed by atoms with van der Waals surface area (Å²) < 4.78 is 7.68. The van der Waals surface area contributed by atoms with Gasteiger partial charge in [-0.3, -0.25) is 0 Å². The first-order chi connectivity index (χ1) is 13.8. The summed E-state index contributed by atoms with van der Waals surface area (Å²) in [6, 6.07) is 24.8.